The fraction of sp³-hybridized carbons (Fsp3) is 1.00. The van der Waals surface area contributed by atoms with Crippen molar-refractivity contribution in [2.45, 2.75) is 63.1 Å². The molecular formula is C14H28N2O. The summed E-state index contributed by atoms with van der Waals surface area (Å²) in [5.41, 5.74) is 0. The van der Waals surface area contributed by atoms with E-state index in [9.17, 15) is 0 Å². The molecule has 0 aromatic heterocycles. The summed E-state index contributed by atoms with van der Waals surface area (Å²) in [6.45, 7) is 2.44. The predicted octanol–water partition coefficient (Wildman–Crippen LogP) is 2.02. The summed E-state index contributed by atoms with van der Waals surface area (Å²) in [5.74, 6) is 0. The van der Waals surface area contributed by atoms with Gasteiger partial charge >= 0.3 is 0 Å². The molecule has 1 atom stereocenters. The average Bonchev–Trinajstić information content (AvgIpc) is 2.40. The highest BCUT2D eigenvalue weighted by Crippen LogP contribution is 2.24. The van der Waals surface area contributed by atoms with Crippen LogP contribution in [-0.2, 0) is 4.74 Å². The molecule has 2 aliphatic rings. The van der Waals surface area contributed by atoms with Crippen molar-refractivity contribution in [2.75, 3.05) is 27.2 Å². The van der Waals surface area contributed by atoms with E-state index >= 15 is 0 Å². The van der Waals surface area contributed by atoms with Crippen LogP contribution in [0.25, 0.3) is 0 Å². The summed E-state index contributed by atoms with van der Waals surface area (Å²) in [4.78, 5) is 2.58. The summed E-state index contributed by atoms with van der Waals surface area (Å²) in [7, 11) is 4.15. The first-order valence-electron chi connectivity index (χ1n) is 7.26. The zero-order chi connectivity index (χ0) is 12.1. The van der Waals surface area contributed by atoms with Crippen LogP contribution in [0.4, 0.5) is 0 Å². The minimum Gasteiger partial charge on any atom is -0.381 e. The minimum absolute atomic E-state index is 0.521. The maximum atomic E-state index is 5.44. The fourth-order valence-electron chi connectivity index (χ4n) is 3.30. The molecule has 1 heterocycles. The van der Waals surface area contributed by atoms with Crippen LogP contribution in [0.3, 0.4) is 0 Å². The van der Waals surface area contributed by atoms with Gasteiger partial charge in [0.25, 0.3) is 0 Å². The van der Waals surface area contributed by atoms with Crippen molar-refractivity contribution in [3.63, 3.8) is 0 Å². The van der Waals surface area contributed by atoms with Crippen LogP contribution < -0.4 is 5.32 Å². The van der Waals surface area contributed by atoms with Gasteiger partial charge in [0.15, 0.2) is 0 Å². The molecule has 1 aliphatic heterocycles. The van der Waals surface area contributed by atoms with Crippen LogP contribution >= 0.6 is 0 Å². The Labute approximate surface area is 106 Å². The SMILES string of the molecule is COC1CCC(N(C)CC2CCCCN2)CC1. The average molecular weight is 240 g/mol. The van der Waals surface area contributed by atoms with Crippen molar-refractivity contribution in [3.8, 4) is 0 Å². The Morgan fingerprint density at radius 2 is 1.88 bits per heavy atom. The first kappa shape index (κ1) is 13.3. The second-order valence-electron chi connectivity index (χ2n) is 5.75. The van der Waals surface area contributed by atoms with Gasteiger partial charge in [-0.2, -0.15) is 0 Å². The van der Waals surface area contributed by atoms with Crippen molar-refractivity contribution >= 4 is 0 Å². The molecule has 100 valence electrons. The van der Waals surface area contributed by atoms with Gasteiger partial charge in [-0.25, -0.2) is 0 Å². The molecule has 17 heavy (non-hydrogen) atoms. The summed E-state index contributed by atoms with van der Waals surface area (Å²) in [6, 6.07) is 1.51. The Balaban J connectivity index is 1.70. The molecule has 3 nitrogen and oxygen atoms in total. The van der Waals surface area contributed by atoms with Gasteiger partial charge in [-0.3, -0.25) is 0 Å². The van der Waals surface area contributed by atoms with Gasteiger partial charge in [0.1, 0.15) is 0 Å². The first-order chi connectivity index (χ1) is 8.29. The van der Waals surface area contributed by atoms with Gasteiger partial charge in [-0.1, -0.05) is 6.42 Å². The largest absolute Gasteiger partial charge is 0.381 e. The molecule has 2 rings (SSSR count). The van der Waals surface area contributed by atoms with E-state index in [1.54, 1.807) is 0 Å². The first-order valence-corrected chi connectivity index (χ1v) is 7.26. The van der Waals surface area contributed by atoms with Gasteiger partial charge in [0, 0.05) is 25.7 Å². The Bertz CT molecular complexity index is 208. The van der Waals surface area contributed by atoms with Crippen LogP contribution in [-0.4, -0.2) is 50.3 Å². The molecule has 1 aliphatic carbocycles. The molecule has 1 N–H and O–H groups in total. The maximum absolute atomic E-state index is 5.44. The van der Waals surface area contributed by atoms with Crippen molar-refractivity contribution in [3.05, 3.63) is 0 Å². The van der Waals surface area contributed by atoms with Crippen molar-refractivity contribution in [2.24, 2.45) is 0 Å². The molecular weight excluding hydrogens is 212 g/mol. The molecule has 0 amide bonds. The number of methoxy groups -OCH3 is 1. The highest BCUT2D eigenvalue weighted by molar-refractivity contribution is 4.82. The van der Waals surface area contributed by atoms with E-state index in [0.29, 0.717) is 6.10 Å². The van der Waals surface area contributed by atoms with Gasteiger partial charge in [0.05, 0.1) is 6.10 Å². The van der Waals surface area contributed by atoms with Crippen molar-refractivity contribution in [1.82, 2.24) is 10.2 Å². The molecule has 1 unspecified atom stereocenters. The molecule has 1 saturated heterocycles. The number of piperidine rings is 1. The maximum Gasteiger partial charge on any atom is 0.0572 e. The number of ether oxygens (including phenoxy) is 1. The zero-order valence-electron chi connectivity index (χ0n) is 11.5. The van der Waals surface area contributed by atoms with E-state index in [-0.39, 0.29) is 0 Å². The van der Waals surface area contributed by atoms with Crippen molar-refractivity contribution < 1.29 is 4.74 Å². The third-order valence-corrected chi connectivity index (χ3v) is 4.52. The zero-order valence-corrected chi connectivity index (χ0v) is 11.5. The molecule has 1 saturated carbocycles. The standard InChI is InChI=1S/C14H28N2O/c1-16(11-12-5-3-4-10-15-12)13-6-8-14(17-2)9-7-13/h12-15H,3-11H2,1-2H3. The quantitative estimate of drug-likeness (QED) is 0.813. The third kappa shape index (κ3) is 3.94. The fourth-order valence-corrected chi connectivity index (χ4v) is 3.30. The van der Waals surface area contributed by atoms with Gasteiger partial charge in [-0.15, -0.1) is 0 Å². The normalized spacial score (nSPS) is 35.1. The number of likely N-dealkylation sites (N-methyl/N-ethyl adjacent to an activating group) is 1. The number of hydrogen-bond donors (Lipinski definition) is 1. The molecule has 0 aromatic carbocycles. The van der Waals surface area contributed by atoms with E-state index in [0.717, 1.165) is 12.1 Å². The lowest BCUT2D eigenvalue weighted by Gasteiger charge is -2.37. The lowest BCUT2D eigenvalue weighted by atomic mass is 9.91. The number of hydrogen-bond acceptors (Lipinski definition) is 3. The second-order valence-corrected chi connectivity index (χ2v) is 5.75. The molecule has 0 aromatic rings. The van der Waals surface area contributed by atoms with Crippen LogP contribution in [0.5, 0.6) is 0 Å². The lowest BCUT2D eigenvalue weighted by molar-refractivity contribution is 0.0418. The molecule has 0 spiro atoms. The lowest BCUT2D eigenvalue weighted by Crippen LogP contribution is -2.46. The van der Waals surface area contributed by atoms with Gasteiger partial charge in [0.2, 0.25) is 0 Å². The number of nitrogens with zero attached hydrogens (tertiary/aromatic N) is 1. The Morgan fingerprint density at radius 3 is 2.47 bits per heavy atom. The van der Waals surface area contributed by atoms with E-state index in [2.05, 4.69) is 17.3 Å². The summed E-state index contributed by atoms with van der Waals surface area (Å²) >= 11 is 0. The van der Waals surface area contributed by atoms with Crippen molar-refractivity contribution in [1.29, 1.82) is 0 Å². The Morgan fingerprint density at radius 1 is 1.12 bits per heavy atom. The summed E-state index contributed by atoms with van der Waals surface area (Å²) < 4.78 is 5.44. The third-order valence-electron chi connectivity index (χ3n) is 4.52. The van der Waals surface area contributed by atoms with Crippen LogP contribution in [0.2, 0.25) is 0 Å². The van der Waals surface area contributed by atoms with Crippen LogP contribution in [0.15, 0.2) is 0 Å². The molecule has 0 radical (unpaired) electrons. The number of rotatable bonds is 4. The summed E-state index contributed by atoms with van der Waals surface area (Å²) in [5, 5.41) is 3.64. The van der Waals surface area contributed by atoms with Crippen LogP contribution in [0.1, 0.15) is 44.9 Å². The van der Waals surface area contributed by atoms with E-state index in [1.807, 2.05) is 7.11 Å². The highest BCUT2D eigenvalue weighted by atomic mass is 16.5. The Hall–Kier alpha value is -0.120. The van der Waals surface area contributed by atoms with Gasteiger partial charge in [-0.05, 0) is 52.1 Å². The molecule has 2 fully saturated rings. The van der Waals surface area contributed by atoms with Gasteiger partial charge < -0.3 is 15.0 Å². The second kappa shape index (κ2) is 6.72. The Kier molecular flexibility index (Phi) is 5.26. The predicted molar refractivity (Wildman–Crippen MR) is 71.3 cm³/mol. The van der Waals surface area contributed by atoms with Crippen LogP contribution in [0, 0.1) is 0 Å². The van der Waals surface area contributed by atoms with E-state index in [4.69, 9.17) is 4.74 Å². The summed E-state index contributed by atoms with van der Waals surface area (Å²) in [6.07, 6.45) is 9.74. The van der Waals surface area contributed by atoms with E-state index in [1.165, 1.54) is 58.0 Å². The van der Waals surface area contributed by atoms with E-state index < -0.39 is 0 Å². The monoisotopic (exact) mass is 240 g/mol. The molecule has 3 heteroatoms. The molecule has 0 bridgehead atoms. The minimum atomic E-state index is 0.521. The highest BCUT2D eigenvalue weighted by Gasteiger charge is 2.25. The topological polar surface area (TPSA) is 24.5 Å². The number of nitrogens with one attached hydrogen (secondary N) is 1. The smallest absolute Gasteiger partial charge is 0.0572 e.